The van der Waals surface area contributed by atoms with Crippen molar-refractivity contribution in [3.8, 4) is 5.75 Å². The Morgan fingerprint density at radius 3 is 2.75 bits per heavy atom. The predicted molar refractivity (Wildman–Crippen MR) is 90.3 cm³/mol. The van der Waals surface area contributed by atoms with Crippen LogP contribution in [0.2, 0.25) is 5.02 Å². The van der Waals surface area contributed by atoms with Crippen molar-refractivity contribution in [1.29, 1.82) is 0 Å². The molecule has 1 aromatic rings. The third-order valence-electron chi connectivity index (χ3n) is 4.29. The molecule has 24 heavy (non-hydrogen) atoms. The van der Waals surface area contributed by atoms with Gasteiger partial charge in [0, 0.05) is 31.0 Å². The Balaban J connectivity index is 1.30. The van der Waals surface area contributed by atoms with Gasteiger partial charge in [-0.15, -0.1) is 0 Å². The van der Waals surface area contributed by atoms with Gasteiger partial charge in [0.25, 0.3) is 0 Å². The third-order valence-corrected chi connectivity index (χ3v) is 4.52. The quantitative estimate of drug-likeness (QED) is 0.787. The Labute approximate surface area is 147 Å². The van der Waals surface area contributed by atoms with E-state index in [2.05, 4.69) is 10.2 Å². The smallest absolute Gasteiger partial charge is 0.234 e. The number of nitrogens with zero attached hydrogens (tertiary/aromatic N) is 1. The number of halogens is 1. The number of hydrogen-bond acceptors (Lipinski definition) is 5. The highest BCUT2D eigenvalue weighted by molar-refractivity contribution is 6.30. The van der Waals surface area contributed by atoms with E-state index in [-0.39, 0.29) is 5.91 Å². The van der Waals surface area contributed by atoms with Crippen LogP contribution in [0.4, 0.5) is 0 Å². The van der Waals surface area contributed by atoms with Crippen molar-refractivity contribution in [2.24, 2.45) is 0 Å². The fourth-order valence-corrected chi connectivity index (χ4v) is 3.19. The molecule has 0 aliphatic carbocycles. The molecular formula is C17H23ClN2O4. The number of amides is 1. The Hall–Kier alpha value is -1.34. The van der Waals surface area contributed by atoms with Crippen LogP contribution < -0.4 is 10.1 Å². The first-order chi connectivity index (χ1) is 11.7. The van der Waals surface area contributed by atoms with Gasteiger partial charge in [-0.25, -0.2) is 0 Å². The van der Waals surface area contributed by atoms with Gasteiger partial charge in [-0.05, 0) is 18.2 Å². The van der Waals surface area contributed by atoms with Crippen molar-refractivity contribution in [2.45, 2.75) is 18.6 Å². The predicted octanol–water partition coefficient (Wildman–Crippen LogP) is 1.67. The van der Waals surface area contributed by atoms with Crippen molar-refractivity contribution in [3.05, 3.63) is 29.3 Å². The van der Waals surface area contributed by atoms with Crippen LogP contribution >= 0.6 is 11.6 Å². The Morgan fingerprint density at radius 2 is 2.04 bits per heavy atom. The lowest BCUT2D eigenvalue weighted by atomic mass is 10.0. The Morgan fingerprint density at radius 1 is 1.29 bits per heavy atom. The van der Waals surface area contributed by atoms with Gasteiger partial charge in [-0.2, -0.15) is 0 Å². The van der Waals surface area contributed by atoms with E-state index in [4.69, 9.17) is 25.8 Å². The standard InChI is InChI=1S/C17H23ClN2O4/c18-14-2-1-3-15(12-14)22-9-6-19-16(21)13-20-7-4-17(5-8-20)23-10-11-24-17/h1-3,12H,4-11,13H2,(H,19,21). The first-order valence-electron chi connectivity index (χ1n) is 8.31. The Kier molecular flexibility index (Phi) is 5.94. The van der Waals surface area contributed by atoms with Gasteiger partial charge in [-0.3, -0.25) is 9.69 Å². The average molecular weight is 355 g/mol. The van der Waals surface area contributed by atoms with Crippen LogP contribution in [0.1, 0.15) is 12.8 Å². The number of rotatable bonds is 6. The van der Waals surface area contributed by atoms with Gasteiger partial charge in [0.2, 0.25) is 5.91 Å². The molecule has 1 aromatic carbocycles. The highest BCUT2D eigenvalue weighted by Crippen LogP contribution is 2.30. The first-order valence-corrected chi connectivity index (χ1v) is 8.68. The summed E-state index contributed by atoms with van der Waals surface area (Å²) in [4.78, 5) is 14.1. The summed E-state index contributed by atoms with van der Waals surface area (Å²) in [7, 11) is 0. The van der Waals surface area contributed by atoms with Crippen LogP contribution in [0, 0.1) is 0 Å². The molecule has 132 valence electrons. The molecule has 2 saturated heterocycles. The van der Waals surface area contributed by atoms with Crippen molar-refractivity contribution in [1.82, 2.24) is 10.2 Å². The zero-order valence-electron chi connectivity index (χ0n) is 13.6. The van der Waals surface area contributed by atoms with Gasteiger partial charge >= 0.3 is 0 Å². The fourth-order valence-electron chi connectivity index (χ4n) is 3.01. The molecule has 6 nitrogen and oxygen atoms in total. The largest absolute Gasteiger partial charge is 0.492 e. The van der Waals surface area contributed by atoms with E-state index < -0.39 is 5.79 Å². The molecule has 1 amide bonds. The lowest BCUT2D eigenvalue weighted by Gasteiger charge is -2.37. The number of carbonyl (C=O) groups excluding carboxylic acids is 1. The maximum absolute atomic E-state index is 12.0. The molecule has 2 aliphatic heterocycles. The van der Waals surface area contributed by atoms with E-state index in [9.17, 15) is 4.79 Å². The summed E-state index contributed by atoms with van der Waals surface area (Å²) in [6.07, 6.45) is 1.64. The van der Waals surface area contributed by atoms with Crippen LogP contribution in [0.25, 0.3) is 0 Å². The molecule has 0 atom stereocenters. The molecule has 0 saturated carbocycles. The third kappa shape index (κ3) is 4.83. The van der Waals surface area contributed by atoms with Gasteiger partial charge in [0.15, 0.2) is 5.79 Å². The molecule has 1 spiro atoms. The van der Waals surface area contributed by atoms with Crippen LogP contribution in [0.15, 0.2) is 24.3 Å². The number of ether oxygens (including phenoxy) is 3. The summed E-state index contributed by atoms with van der Waals surface area (Å²) in [6, 6.07) is 7.21. The van der Waals surface area contributed by atoms with Crippen LogP contribution in [0.3, 0.4) is 0 Å². The highest BCUT2D eigenvalue weighted by atomic mass is 35.5. The molecule has 2 heterocycles. The minimum atomic E-state index is -0.391. The summed E-state index contributed by atoms with van der Waals surface area (Å²) in [5.74, 6) is 0.321. The summed E-state index contributed by atoms with van der Waals surface area (Å²) in [5, 5.41) is 3.51. The van der Waals surface area contributed by atoms with E-state index in [0.717, 1.165) is 25.9 Å². The number of carbonyl (C=O) groups is 1. The minimum absolute atomic E-state index is 0.00824. The van der Waals surface area contributed by atoms with E-state index in [1.165, 1.54) is 0 Å². The van der Waals surface area contributed by atoms with E-state index >= 15 is 0 Å². The van der Waals surface area contributed by atoms with E-state index in [0.29, 0.717) is 43.7 Å². The van der Waals surface area contributed by atoms with Gasteiger partial charge in [0.05, 0.1) is 26.3 Å². The fraction of sp³-hybridized carbons (Fsp3) is 0.588. The second-order valence-corrected chi connectivity index (χ2v) is 6.48. The zero-order chi connectivity index (χ0) is 16.8. The molecule has 2 fully saturated rings. The van der Waals surface area contributed by atoms with Crippen molar-refractivity contribution in [2.75, 3.05) is 46.0 Å². The number of likely N-dealkylation sites (tertiary alicyclic amines) is 1. The van der Waals surface area contributed by atoms with Crippen LogP contribution in [0.5, 0.6) is 5.75 Å². The molecule has 2 aliphatic rings. The number of piperidine rings is 1. The van der Waals surface area contributed by atoms with Gasteiger partial charge < -0.3 is 19.5 Å². The molecule has 0 aromatic heterocycles. The second-order valence-electron chi connectivity index (χ2n) is 6.04. The second kappa shape index (κ2) is 8.16. The van der Waals surface area contributed by atoms with Gasteiger partial charge in [-0.1, -0.05) is 17.7 Å². The molecule has 7 heteroatoms. The van der Waals surface area contributed by atoms with Crippen LogP contribution in [-0.2, 0) is 14.3 Å². The zero-order valence-corrected chi connectivity index (χ0v) is 14.4. The average Bonchev–Trinajstić information content (AvgIpc) is 3.02. The first kappa shape index (κ1) is 17.5. The molecule has 0 unspecified atom stereocenters. The minimum Gasteiger partial charge on any atom is -0.492 e. The van der Waals surface area contributed by atoms with Crippen molar-refractivity contribution >= 4 is 17.5 Å². The molecule has 0 radical (unpaired) electrons. The maximum Gasteiger partial charge on any atom is 0.234 e. The molecule has 3 rings (SSSR count). The maximum atomic E-state index is 12.0. The van der Waals surface area contributed by atoms with Crippen molar-refractivity contribution in [3.63, 3.8) is 0 Å². The number of benzene rings is 1. The van der Waals surface area contributed by atoms with E-state index in [1.807, 2.05) is 12.1 Å². The molecule has 0 bridgehead atoms. The van der Waals surface area contributed by atoms with E-state index in [1.54, 1.807) is 12.1 Å². The summed E-state index contributed by atoms with van der Waals surface area (Å²) in [5.41, 5.74) is 0. The lowest BCUT2D eigenvalue weighted by molar-refractivity contribution is -0.185. The number of nitrogens with one attached hydrogen (secondary N) is 1. The van der Waals surface area contributed by atoms with Crippen molar-refractivity contribution < 1.29 is 19.0 Å². The monoisotopic (exact) mass is 354 g/mol. The molecule has 1 N–H and O–H groups in total. The summed E-state index contributed by atoms with van der Waals surface area (Å²) < 4.78 is 16.9. The van der Waals surface area contributed by atoms with Gasteiger partial charge in [0.1, 0.15) is 12.4 Å². The SMILES string of the molecule is O=C(CN1CCC2(CC1)OCCO2)NCCOc1cccc(Cl)c1. The lowest BCUT2D eigenvalue weighted by Crippen LogP contribution is -2.48. The normalized spacial score (nSPS) is 20.2. The molecular weight excluding hydrogens is 332 g/mol. The Bertz CT molecular complexity index is 553. The van der Waals surface area contributed by atoms with Crippen LogP contribution in [-0.4, -0.2) is 62.6 Å². The highest BCUT2D eigenvalue weighted by Gasteiger charge is 2.39. The topological polar surface area (TPSA) is 60.0 Å². The number of hydrogen-bond donors (Lipinski definition) is 1. The summed E-state index contributed by atoms with van der Waals surface area (Å²) in [6.45, 7) is 4.25. The summed E-state index contributed by atoms with van der Waals surface area (Å²) >= 11 is 5.89.